The number of aromatic hydroxyl groups is 1. The molecule has 2 aromatic carbocycles. The second-order valence-electron chi connectivity index (χ2n) is 4.72. The van der Waals surface area contributed by atoms with Gasteiger partial charge in [0.15, 0.2) is 0 Å². The Bertz CT molecular complexity index is 907. The maximum atomic E-state index is 9.88. The Morgan fingerprint density at radius 2 is 1.20 bits per heavy atom. The van der Waals surface area contributed by atoms with Crippen molar-refractivity contribution in [3.8, 4) is 34.5 Å². The molecule has 25 heavy (non-hydrogen) atoms. The molecule has 123 valence electrons. The maximum absolute atomic E-state index is 9.88. The third-order valence-electron chi connectivity index (χ3n) is 3.22. The van der Waals surface area contributed by atoms with E-state index in [9.17, 15) is 5.11 Å². The average Bonchev–Trinajstić information content (AvgIpc) is 2.56. The van der Waals surface area contributed by atoms with E-state index < -0.39 is 5.88 Å². The third-order valence-corrected chi connectivity index (χ3v) is 3.72. The van der Waals surface area contributed by atoms with Crippen molar-refractivity contribution in [1.82, 2.24) is 9.97 Å². The van der Waals surface area contributed by atoms with Crippen molar-refractivity contribution in [2.24, 2.45) is 0 Å². The summed E-state index contributed by atoms with van der Waals surface area (Å²) in [5.41, 5.74) is 2.28. The summed E-state index contributed by atoms with van der Waals surface area (Å²) in [6.45, 7) is 0. The van der Waals surface area contributed by atoms with Gasteiger partial charge in [-0.3, -0.25) is 0 Å². The fourth-order valence-electron chi connectivity index (χ4n) is 2.12. The molecule has 7 heteroatoms. The smallest absolute Gasteiger partial charge is 0.249 e. The number of nitriles is 1. The van der Waals surface area contributed by atoms with Crippen molar-refractivity contribution in [1.29, 1.82) is 5.26 Å². The van der Waals surface area contributed by atoms with Crippen LogP contribution >= 0.6 is 23.2 Å². The topological polar surface area (TPSA) is 69.8 Å². The number of hydrogen-bond donors (Lipinski definition) is 1. The van der Waals surface area contributed by atoms with E-state index >= 15 is 0 Å². The van der Waals surface area contributed by atoms with E-state index in [1.54, 1.807) is 48.5 Å². The van der Waals surface area contributed by atoms with Gasteiger partial charge in [0.25, 0.3) is 0 Å². The quantitative estimate of drug-likeness (QED) is 0.554. The molecular formula is C18H12Cl2N3OY-. The number of hydrogen-bond acceptors (Lipinski definition) is 4. The number of nitrogens with zero attached hydrogens (tertiary/aromatic N) is 3. The van der Waals surface area contributed by atoms with Crippen LogP contribution in [0.4, 0.5) is 0 Å². The minimum Gasteiger partial charge on any atom is -0.491 e. The minimum atomic E-state index is -0.407. The Morgan fingerprint density at radius 3 is 1.60 bits per heavy atom. The maximum Gasteiger partial charge on any atom is 0.249 e. The molecule has 4 nitrogen and oxygen atoms in total. The van der Waals surface area contributed by atoms with Crippen LogP contribution in [-0.4, -0.2) is 15.1 Å². The first kappa shape index (κ1) is 21.5. The molecule has 0 aliphatic heterocycles. The van der Waals surface area contributed by atoms with Crippen molar-refractivity contribution in [2.75, 3.05) is 0 Å². The van der Waals surface area contributed by atoms with Gasteiger partial charge in [0.1, 0.15) is 11.8 Å². The molecule has 0 fully saturated rings. The van der Waals surface area contributed by atoms with Gasteiger partial charge in [0.2, 0.25) is 11.6 Å². The van der Waals surface area contributed by atoms with E-state index in [4.69, 9.17) is 28.5 Å². The van der Waals surface area contributed by atoms with Gasteiger partial charge in [-0.2, -0.15) is 5.26 Å². The van der Waals surface area contributed by atoms with Crippen LogP contribution in [0.1, 0.15) is 5.69 Å². The molecule has 0 saturated heterocycles. The molecular weight excluding hydrogens is 434 g/mol. The van der Waals surface area contributed by atoms with Crippen molar-refractivity contribution >= 4 is 23.2 Å². The number of aromatic nitrogens is 2. The molecule has 0 atom stereocenters. The van der Waals surface area contributed by atoms with Crippen LogP contribution in [0.25, 0.3) is 22.5 Å². The number of benzene rings is 2. The molecule has 0 bridgehead atoms. The zero-order valence-corrected chi connectivity index (χ0v) is 17.6. The Balaban J connectivity index is 0.00000156. The van der Waals surface area contributed by atoms with Crippen LogP contribution in [-0.2, 0) is 32.7 Å². The molecule has 1 aromatic heterocycles. The number of rotatable bonds is 2. The molecule has 1 radical (unpaired) electrons. The summed E-state index contributed by atoms with van der Waals surface area (Å²) in [6, 6.07) is 15.8. The second-order valence-corrected chi connectivity index (χ2v) is 5.59. The molecule has 0 aliphatic rings. The molecule has 0 spiro atoms. The summed E-state index contributed by atoms with van der Waals surface area (Å²) >= 11 is 11.8. The van der Waals surface area contributed by atoms with Gasteiger partial charge < -0.3 is 12.5 Å². The normalized spacial score (nSPS) is 9.48. The second kappa shape index (κ2) is 9.26. The SMILES string of the molecule is N#Cc1nc(-c2ccc(Cl)cc2)c(-c2ccc(Cl)cc2)nc1O.[CH3-].[Y]. The largest absolute Gasteiger partial charge is 0.491 e. The van der Waals surface area contributed by atoms with Crippen LogP contribution in [0, 0.1) is 18.8 Å². The van der Waals surface area contributed by atoms with Gasteiger partial charge in [-0.05, 0) is 24.3 Å². The van der Waals surface area contributed by atoms with Crippen LogP contribution in [0.5, 0.6) is 5.88 Å². The van der Waals surface area contributed by atoms with Gasteiger partial charge in [0.05, 0.1) is 5.69 Å². The Labute approximate surface area is 181 Å². The monoisotopic (exact) mass is 445 g/mol. The van der Waals surface area contributed by atoms with E-state index in [-0.39, 0.29) is 45.8 Å². The number of halogens is 2. The van der Waals surface area contributed by atoms with Gasteiger partial charge in [-0.1, -0.05) is 47.5 Å². The van der Waals surface area contributed by atoms with Crippen LogP contribution < -0.4 is 0 Å². The Morgan fingerprint density at radius 1 is 0.800 bits per heavy atom. The van der Waals surface area contributed by atoms with Gasteiger partial charge in [0, 0.05) is 53.9 Å². The van der Waals surface area contributed by atoms with E-state index in [0.717, 1.165) is 11.1 Å². The predicted octanol–water partition coefficient (Wildman–Crippen LogP) is 5.14. The standard InChI is InChI=1S/C17H9Cl2N3O.CH3.Y/c18-12-5-1-10(2-6-12)15-16(11-3-7-13(19)8-4-11)22-17(23)14(9-20)21-15;;/h1-8H,(H,22,23);1H3;/q;-1;. The fraction of sp³-hybridized carbons (Fsp3) is 0. The first-order chi connectivity index (χ1) is 11.1. The molecule has 0 unspecified atom stereocenters. The van der Waals surface area contributed by atoms with Crippen molar-refractivity contribution < 1.29 is 37.8 Å². The average molecular weight is 446 g/mol. The summed E-state index contributed by atoms with van der Waals surface area (Å²) in [5.74, 6) is -0.407. The van der Waals surface area contributed by atoms with Crippen molar-refractivity contribution in [3.05, 3.63) is 71.7 Å². The Kier molecular flexibility index (Phi) is 7.98. The molecule has 1 N–H and O–H groups in total. The van der Waals surface area contributed by atoms with Crippen molar-refractivity contribution in [3.63, 3.8) is 0 Å². The molecule has 0 aliphatic carbocycles. The van der Waals surface area contributed by atoms with Crippen LogP contribution in [0.2, 0.25) is 10.0 Å². The van der Waals surface area contributed by atoms with E-state index in [0.29, 0.717) is 21.4 Å². The van der Waals surface area contributed by atoms with Gasteiger partial charge in [-0.25, -0.2) is 9.97 Å². The zero-order chi connectivity index (χ0) is 16.4. The predicted molar refractivity (Wildman–Crippen MR) is 95.7 cm³/mol. The molecule has 1 heterocycles. The summed E-state index contributed by atoms with van der Waals surface area (Å²) in [4.78, 5) is 8.38. The van der Waals surface area contributed by atoms with E-state index in [1.807, 2.05) is 6.07 Å². The first-order valence-electron chi connectivity index (χ1n) is 6.61. The first-order valence-corrected chi connectivity index (χ1v) is 7.37. The van der Waals surface area contributed by atoms with Crippen LogP contribution in [0.3, 0.4) is 0 Å². The van der Waals surface area contributed by atoms with E-state index in [1.165, 1.54) is 0 Å². The molecule has 3 rings (SSSR count). The molecule has 0 amide bonds. The summed E-state index contributed by atoms with van der Waals surface area (Å²) in [7, 11) is 0. The minimum absolute atomic E-state index is 0. The van der Waals surface area contributed by atoms with Gasteiger partial charge in [-0.15, -0.1) is 0 Å². The fourth-order valence-corrected chi connectivity index (χ4v) is 2.37. The molecule has 0 saturated carbocycles. The van der Waals surface area contributed by atoms with E-state index in [2.05, 4.69) is 9.97 Å². The van der Waals surface area contributed by atoms with Crippen LogP contribution in [0.15, 0.2) is 48.5 Å². The van der Waals surface area contributed by atoms with Gasteiger partial charge >= 0.3 is 0 Å². The summed E-state index contributed by atoms with van der Waals surface area (Å²) < 4.78 is 0. The third kappa shape index (κ3) is 4.77. The Hall–Kier alpha value is -1.51. The molecule has 3 aromatic rings. The summed E-state index contributed by atoms with van der Waals surface area (Å²) in [5, 5.41) is 20.1. The zero-order valence-electron chi connectivity index (χ0n) is 13.2. The van der Waals surface area contributed by atoms with Crippen molar-refractivity contribution in [2.45, 2.75) is 0 Å². The summed E-state index contributed by atoms with van der Waals surface area (Å²) in [6.07, 6.45) is 0.